The number of hydrogen-bond acceptors (Lipinski definition) is 4. The van der Waals surface area contributed by atoms with Crippen LogP contribution in [0.15, 0.2) is 17.1 Å². The molecule has 0 spiro atoms. The zero-order valence-electron chi connectivity index (χ0n) is 10.4. The van der Waals surface area contributed by atoms with E-state index in [9.17, 15) is 4.79 Å². The van der Waals surface area contributed by atoms with Gasteiger partial charge in [0.15, 0.2) is 0 Å². The molecule has 0 aliphatic carbocycles. The smallest absolute Gasteiger partial charge is 0.268 e. The van der Waals surface area contributed by atoms with E-state index in [0.717, 1.165) is 25.1 Å². The molecule has 0 aromatic carbocycles. The normalized spacial score (nSPS) is 9.94. The molecule has 92 valence electrons. The summed E-state index contributed by atoms with van der Waals surface area (Å²) in [5.74, 6) is 0. The van der Waals surface area contributed by atoms with Gasteiger partial charge in [0.2, 0.25) is 0 Å². The monoisotopic (exact) mass is 234 g/mol. The van der Waals surface area contributed by atoms with E-state index in [4.69, 9.17) is 5.26 Å². The Morgan fingerprint density at radius 3 is 2.88 bits per heavy atom. The van der Waals surface area contributed by atoms with E-state index in [1.807, 2.05) is 18.9 Å². The number of hydrogen-bond donors (Lipinski definition) is 0. The molecular formula is C12H18N4O. The van der Waals surface area contributed by atoms with E-state index in [2.05, 4.69) is 11.2 Å². The first-order chi connectivity index (χ1) is 8.19. The third kappa shape index (κ3) is 3.91. The number of aromatic nitrogens is 2. The summed E-state index contributed by atoms with van der Waals surface area (Å²) >= 11 is 0. The molecular weight excluding hydrogens is 216 g/mol. The van der Waals surface area contributed by atoms with Crippen molar-refractivity contribution in [2.75, 3.05) is 18.5 Å². The van der Waals surface area contributed by atoms with Crippen LogP contribution in [-0.4, -0.2) is 23.4 Å². The summed E-state index contributed by atoms with van der Waals surface area (Å²) in [5.41, 5.74) is 0.755. The predicted molar refractivity (Wildman–Crippen MR) is 66.9 cm³/mol. The largest absolute Gasteiger partial charge is 0.373 e. The minimum absolute atomic E-state index is 0.0836. The fraction of sp³-hybridized carbons (Fsp3) is 0.583. The molecule has 1 rings (SSSR count). The second-order valence-electron chi connectivity index (χ2n) is 3.90. The van der Waals surface area contributed by atoms with Crippen molar-refractivity contribution < 1.29 is 0 Å². The molecule has 0 saturated carbocycles. The van der Waals surface area contributed by atoms with Crippen molar-refractivity contribution in [3.8, 4) is 6.07 Å². The number of rotatable bonds is 6. The quantitative estimate of drug-likeness (QED) is 0.698. The maximum atomic E-state index is 11.7. The van der Waals surface area contributed by atoms with E-state index in [1.165, 1.54) is 4.68 Å². The number of anilines is 1. The lowest BCUT2D eigenvalue weighted by molar-refractivity contribution is 0.534. The van der Waals surface area contributed by atoms with Gasteiger partial charge in [0.05, 0.1) is 18.0 Å². The molecule has 17 heavy (non-hydrogen) atoms. The highest BCUT2D eigenvalue weighted by molar-refractivity contribution is 5.41. The van der Waals surface area contributed by atoms with Crippen molar-refractivity contribution in [1.29, 1.82) is 5.26 Å². The summed E-state index contributed by atoms with van der Waals surface area (Å²) in [5, 5.41) is 12.5. The Morgan fingerprint density at radius 1 is 1.53 bits per heavy atom. The fourth-order valence-electron chi connectivity index (χ4n) is 1.45. The molecule has 0 unspecified atom stereocenters. The first-order valence-corrected chi connectivity index (χ1v) is 5.84. The summed E-state index contributed by atoms with van der Waals surface area (Å²) < 4.78 is 1.45. The third-order valence-corrected chi connectivity index (χ3v) is 2.68. The summed E-state index contributed by atoms with van der Waals surface area (Å²) in [6.07, 6.45) is 3.85. The highest BCUT2D eigenvalue weighted by Gasteiger charge is 2.02. The zero-order valence-corrected chi connectivity index (χ0v) is 10.4. The topological polar surface area (TPSA) is 61.9 Å². The van der Waals surface area contributed by atoms with Crippen LogP contribution in [0, 0.1) is 11.3 Å². The van der Waals surface area contributed by atoms with E-state index in [0.29, 0.717) is 13.0 Å². The molecule has 5 heteroatoms. The Bertz CT molecular complexity index is 447. The molecule has 1 aromatic rings. The lowest BCUT2D eigenvalue weighted by Crippen LogP contribution is -2.25. The number of aryl methyl sites for hydroxylation is 1. The van der Waals surface area contributed by atoms with Crippen LogP contribution in [0.2, 0.25) is 0 Å². The molecule has 1 aromatic heterocycles. The van der Waals surface area contributed by atoms with Gasteiger partial charge < -0.3 is 4.90 Å². The van der Waals surface area contributed by atoms with Gasteiger partial charge in [0.1, 0.15) is 0 Å². The minimum atomic E-state index is -0.0836. The fourth-order valence-corrected chi connectivity index (χ4v) is 1.45. The van der Waals surface area contributed by atoms with Gasteiger partial charge in [0, 0.05) is 32.6 Å². The molecule has 0 radical (unpaired) electrons. The minimum Gasteiger partial charge on any atom is -0.373 e. The van der Waals surface area contributed by atoms with Gasteiger partial charge >= 0.3 is 0 Å². The van der Waals surface area contributed by atoms with Crippen molar-refractivity contribution in [2.24, 2.45) is 0 Å². The second-order valence-corrected chi connectivity index (χ2v) is 3.90. The van der Waals surface area contributed by atoms with Gasteiger partial charge in [-0.3, -0.25) is 4.79 Å². The Hall–Kier alpha value is -1.83. The number of unbranched alkanes of at least 4 members (excludes halogenated alkanes) is 2. The average Bonchev–Trinajstić information content (AvgIpc) is 2.35. The third-order valence-electron chi connectivity index (χ3n) is 2.68. The Labute approximate surface area is 101 Å². The summed E-state index contributed by atoms with van der Waals surface area (Å²) in [7, 11) is 1.92. The molecule has 0 aliphatic heterocycles. The zero-order chi connectivity index (χ0) is 12.7. The maximum absolute atomic E-state index is 11.7. The number of nitriles is 1. The first-order valence-electron chi connectivity index (χ1n) is 5.84. The van der Waals surface area contributed by atoms with Gasteiger partial charge in [-0.2, -0.15) is 10.4 Å². The van der Waals surface area contributed by atoms with Gasteiger partial charge in [-0.15, -0.1) is 0 Å². The van der Waals surface area contributed by atoms with Crippen LogP contribution >= 0.6 is 0 Å². The second kappa shape index (κ2) is 6.69. The van der Waals surface area contributed by atoms with E-state index in [1.54, 1.807) is 12.3 Å². The van der Waals surface area contributed by atoms with Crippen LogP contribution in [0.5, 0.6) is 0 Å². The Balaban J connectivity index is 2.64. The first kappa shape index (κ1) is 13.2. The van der Waals surface area contributed by atoms with Crippen molar-refractivity contribution >= 4 is 5.69 Å². The molecule has 5 nitrogen and oxygen atoms in total. The molecule has 0 atom stereocenters. The molecule has 0 aliphatic rings. The van der Waals surface area contributed by atoms with Gasteiger partial charge in [-0.05, 0) is 19.8 Å². The van der Waals surface area contributed by atoms with E-state index < -0.39 is 0 Å². The van der Waals surface area contributed by atoms with Crippen LogP contribution < -0.4 is 10.5 Å². The molecule has 0 fully saturated rings. The lowest BCUT2D eigenvalue weighted by Gasteiger charge is -2.16. The van der Waals surface area contributed by atoms with Crippen molar-refractivity contribution in [3.63, 3.8) is 0 Å². The molecule has 0 bridgehead atoms. The molecule has 0 N–H and O–H groups in total. The van der Waals surface area contributed by atoms with Gasteiger partial charge in [0.25, 0.3) is 5.56 Å². The maximum Gasteiger partial charge on any atom is 0.268 e. The highest BCUT2D eigenvalue weighted by Crippen LogP contribution is 2.06. The van der Waals surface area contributed by atoms with Gasteiger partial charge in [-0.1, -0.05) is 0 Å². The molecule has 0 saturated heterocycles. The molecule has 1 heterocycles. The van der Waals surface area contributed by atoms with E-state index >= 15 is 0 Å². The van der Waals surface area contributed by atoms with Crippen LogP contribution in [0.25, 0.3) is 0 Å². The molecule has 0 amide bonds. The Morgan fingerprint density at radius 2 is 2.29 bits per heavy atom. The lowest BCUT2D eigenvalue weighted by atomic mass is 10.2. The van der Waals surface area contributed by atoms with Crippen LogP contribution in [0.3, 0.4) is 0 Å². The van der Waals surface area contributed by atoms with Crippen LogP contribution in [-0.2, 0) is 6.54 Å². The van der Waals surface area contributed by atoms with Crippen molar-refractivity contribution in [1.82, 2.24) is 9.78 Å². The Kier molecular flexibility index (Phi) is 5.21. The van der Waals surface area contributed by atoms with Crippen LogP contribution in [0.4, 0.5) is 5.69 Å². The summed E-state index contributed by atoms with van der Waals surface area (Å²) in [4.78, 5) is 13.7. The van der Waals surface area contributed by atoms with Crippen molar-refractivity contribution in [3.05, 3.63) is 22.6 Å². The standard InChI is InChI=1S/C12H18N4O/c1-3-15(2)11-9-12(17)16(14-10-11)8-6-4-5-7-13/h9-10H,3-6,8H2,1-2H3. The van der Waals surface area contributed by atoms with Gasteiger partial charge in [-0.25, -0.2) is 4.68 Å². The predicted octanol–water partition coefficient (Wildman–Crippen LogP) is 1.39. The van der Waals surface area contributed by atoms with E-state index in [-0.39, 0.29) is 5.56 Å². The summed E-state index contributed by atoms with van der Waals surface area (Å²) in [6.45, 7) is 3.44. The average molecular weight is 234 g/mol. The highest BCUT2D eigenvalue weighted by atomic mass is 16.1. The number of nitrogens with zero attached hydrogens (tertiary/aromatic N) is 4. The SMILES string of the molecule is CCN(C)c1cnn(CCCCC#N)c(=O)c1. The van der Waals surface area contributed by atoms with Crippen LogP contribution in [0.1, 0.15) is 26.2 Å². The van der Waals surface area contributed by atoms with Crippen molar-refractivity contribution in [2.45, 2.75) is 32.7 Å². The summed E-state index contributed by atoms with van der Waals surface area (Å²) in [6, 6.07) is 3.68.